The summed E-state index contributed by atoms with van der Waals surface area (Å²) >= 11 is 0. The van der Waals surface area contributed by atoms with Crippen LogP contribution in [0, 0.1) is 5.92 Å². The van der Waals surface area contributed by atoms with Gasteiger partial charge < -0.3 is 5.32 Å². The quantitative estimate of drug-likeness (QED) is 0.788. The molecule has 94 valence electrons. The number of carbonyl (C=O) groups is 1. The highest BCUT2D eigenvalue weighted by Crippen LogP contribution is 2.33. The molecule has 1 N–H and O–H groups in total. The molecule has 0 aliphatic carbocycles. The van der Waals surface area contributed by atoms with E-state index in [0.717, 1.165) is 0 Å². The molecule has 2 atom stereocenters. The van der Waals surface area contributed by atoms with Crippen LogP contribution in [0.3, 0.4) is 0 Å². The highest BCUT2D eigenvalue weighted by Gasteiger charge is 2.42. The Morgan fingerprint density at radius 1 is 1.50 bits per heavy atom. The Kier molecular flexibility index (Phi) is 4.18. The average Bonchev–Trinajstić information content (AvgIpc) is 2.26. The predicted molar refractivity (Wildman–Crippen MR) is 53.9 cm³/mol. The molecule has 1 heterocycles. The van der Waals surface area contributed by atoms with Gasteiger partial charge in [-0.1, -0.05) is 0 Å². The molecule has 1 saturated heterocycles. The van der Waals surface area contributed by atoms with Gasteiger partial charge in [-0.2, -0.15) is 13.2 Å². The largest absolute Gasteiger partial charge is 0.393 e. The molecule has 0 aromatic heterocycles. The molecule has 1 amide bonds. The van der Waals surface area contributed by atoms with E-state index in [0.29, 0.717) is 13.0 Å². The fourth-order valence-corrected chi connectivity index (χ4v) is 2.00. The van der Waals surface area contributed by atoms with E-state index in [2.05, 4.69) is 5.32 Å². The number of likely N-dealkylation sites (tertiary alicyclic amines) is 1. The van der Waals surface area contributed by atoms with E-state index < -0.39 is 18.1 Å². The van der Waals surface area contributed by atoms with E-state index >= 15 is 0 Å². The third-order valence-electron chi connectivity index (χ3n) is 3.09. The number of carbonyl (C=O) groups excluding carboxylic acids is 1. The molecule has 0 aromatic carbocycles. The molecule has 0 saturated carbocycles. The van der Waals surface area contributed by atoms with E-state index in [1.165, 1.54) is 7.05 Å². The smallest absolute Gasteiger partial charge is 0.358 e. The summed E-state index contributed by atoms with van der Waals surface area (Å²) in [5, 5.41) is 2.45. The van der Waals surface area contributed by atoms with Crippen LogP contribution in [0.1, 0.15) is 19.8 Å². The van der Waals surface area contributed by atoms with E-state index in [1.54, 1.807) is 11.8 Å². The van der Waals surface area contributed by atoms with Crippen molar-refractivity contribution in [2.24, 2.45) is 5.92 Å². The monoisotopic (exact) mass is 238 g/mol. The maximum absolute atomic E-state index is 12.5. The molecule has 1 aliphatic rings. The van der Waals surface area contributed by atoms with Crippen molar-refractivity contribution in [2.45, 2.75) is 32.0 Å². The Hall–Kier alpha value is -0.780. The summed E-state index contributed by atoms with van der Waals surface area (Å²) < 4.78 is 37.6. The van der Waals surface area contributed by atoms with Gasteiger partial charge in [-0.3, -0.25) is 9.69 Å². The first kappa shape index (κ1) is 13.3. The Balaban J connectivity index is 2.60. The van der Waals surface area contributed by atoms with Gasteiger partial charge in [-0.25, -0.2) is 0 Å². The summed E-state index contributed by atoms with van der Waals surface area (Å²) in [7, 11) is 1.49. The number of likely N-dealkylation sites (N-methyl/N-ethyl adjacent to an activating group) is 1. The van der Waals surface area contributed by atoms with Gasteiger partial charge in [0, 0.05) is 13.6 Å². The molecule has 0 aromatic rings. The van der Waals surface area contributed by atoms with E-state index in [4.69, 9.17) is 0 Å². The molecule has 3 nitrogen and oxygen atoms in total. The first-order chi connectivity index (χ1) is 7.36. The lowest BCUT2D eigenvalue weighted by Gasteiger charge is -2.36. The van der Waals surface area contributed by atoms with Crippen LogP contribution in [0.5, 0.6) is 0 Å². The Bertz CT molecular complexity index is 255. The van der Waals surface area contributed by atoms with Crippen molar-refractivity contribution in [1.82, 2.24) is 10.2 Å². The third kappa shape index (κ3) is 3.10. The predicted octanol–water partition coefficient (Wildman–Crippen LogP) is 1.40. The molecule has 0 radical (unpaired) electrons. The molecule has 0 bridgehead atoms. The van der Waals surface area contributed by atoms with Crippen LogP contribution in [0.2, 0.25) is 0 Å². The summed E-state index contributed by atoms with van der Waals surface area (Å²) in [4.78, 5) is 12.9. The summed E-state index contributed by atoms with van der Waals surface area (Å²) in [5.74, 6) is -1.53. The van der Waals surface area contributed by atoms with E-state index in [1.807, 2.05) is 0 Å². The molecule has 0 spiro atoms. The lowest BCUT2D eigenvalue weighted by molar-refractivity contribution is -0.188. The molecule has 2 unspecified atom stereocenters. The summed E-state index contributed by atoms with van der Waals surface area (Å²) in [5.41, 5.74) is 0. The standard InChI is InChI=1S/C10H17F3N2O/c1-7(9(16)14-2)15-5-3-4-8(6-15)10(11,12)13/h7-8H,3-6H2,1-2H3,(H,14,16). The maximum atomic E-state index is 12.5. The van der Waals surface area contributed by atoms with Crippen LogP contribution >= 0.6 is 0 Å². The van der Waals surface area contributed by atoms with Gasteiger partial charge in [0.05, 0.1) is 12.0 Å². The maximum Gasteiger partial charge on any atom is 0.393 e. The van der Waals surface area contributed by atoms with Gasteiger partial charge in [-0.15, -0.1) is 0 Å². The fourth-order valence-electron chi connectivity index (χ4n) is 2.00. The average molecular weight is 238 g/mol. The zero-order valence-corrected chi connectivity index (χ0v) is 9.47. The van der Waals surface area contributed by atoms with Gasteiger partial charge >= 0.3 is 6.18 Å². The Morgan fingerprint density at radius 2 is 2.12 bits per heavy atom. The number of nitrogens with one attached hydrogen (secondary N) is 1. The topological polar surface area (TPSA) is 32.3 Å². The molecular weight excluding hydrogens is 221 g/mol. The normalized spacial score (nSPS) is 25.2. The molecule has 1 aliphatic heterocycles. The molecule has 1 fully saturated rings. The zero-order valence-electron chi connectivity index (χ0n) is 9.47. The number of hydrogen-bond acceptors (Lipinski definition) is 2. The van der Waals surface area contributed by atoms with Crippen LogP contribution in [0.15, 0.2) is 0 Å². The lowest BCUT2D eigenvalue weighted by atomic mass is 9.96. The number of halogens is 3. The number of piperidine rings is 1. The number of nitrogens with zero attached hydrogens (tertiary/aromatic N) is 1. The van der Waals surface area contributed by atoms with Crippen molar-refractivity contribution in [2.75, 3.05) is 20.1 Å². The van der Waals surface area contributed by atoms with E-state index in [9.17, 15) is 18.0 Å². The highest BCUT2D eigenvalue weighted by molar-refractivity contribution is 5.80. The minimum atomic E-state index is -4.15. The van der Waals surface area contributed by atoms with Crippen LogP contribution < -0.4 is 5.32 Å². The third-order valence-corrected chi connectivity index (χ3v) is 3.09. The van der Waals surface area contributed by atoms with Crippen LogP contribution in [0.4, 0.5) is 13.2 Å². The van der Waals surface area contributed by atoms with Crippen molar-refractivity contribution in [3.63, 3.8) is 0 Å². The molecular formula is C10H17F3N2O. The first-order valence-electron chi connectivity index (χ1n) is 5.38. The highest BCUT2D eigenvalue weighted by atomic mass is 19.4. The minimum absolute atomic E-state index is 0.0713. The van der Waals surface area contributed by atoms with Gasteiger partial charge in [0.1, 0.15) is 0 Å². The second-order valence-corrected chi connectivity index (χ2v) is 4.17. The molecule has 6 heteroatoms. The van der Waals surface area contributed by atoms with Crippen LogP contribution in [0.25, 0.3) is 0 Å². The van der Waals surface area contributed by atoms with Crippen LogP contribution in [-0.2, 0) is 4.79 Å². The second-order valence-electron chi connectivity index (χ2n) is 4.17. The number of amides is 1. The second kappa shape index (κ2) is 5.03. The van der Waals surface area contributed by atoms with Gasteiger partial charge in [0.2, 0.25) is 5.91 Å². The fraction of sp³-hybridized carbons (Fsp3) is 0.900. The zero-order chi connectivity index (χ0) is 12.3. The van der Waals surface area contributed by atoms with Crippen molar-refractivity contribution in [3.05, 3.63) is 0 Å². The van der Waals surface area contributed by atoms with Crippen molar-refractivity contribution >= 4 is 5.91 Å². The van der Waals surface area contributed by atoms with Crippen molar-refractivity contribution < 1.29 is 18.0 Å². The summed E-state index contributed by atoms with van der Waals surface area (Å²) in [6.07, 6.45) is -3.49. The SMILES string of the molecule is CNC(=O)C(C)N1CCCC(C(F)(F)F)C1. The lowest BCUT2D eigenvalue weighted by Crippen LogP contribution is -2.50. The number of rotatable bonds is 2. The first-order valence-corrected chi connectivity index (χ1v) is 5.38. The number of alkyl halides is 3. The molecule has 1 rings (SSSR count). The van der Waals surface area contributed by atoms with Crippen LogP contribution in [-0.4, -0.2) is 43.2 Å². The van der Waals surface area contributed by atoms with E-state index in [-0.39, 0.29) is 18.9 Å². The molecule has 16 heavy (non-hydrogen) atoms. The van der Waals surface area contributed by atoms with Crippen molar-refractivity contribution in [1.29, 1.82) is 0 Å². The van der Waals surface area contributed by atoms with Gasteiger partial charge in [0.25, 0.3) is 0 Å². The summed E-state index contributed by atoms with van der Waals surface area (Å²) in [6, 6.07) is -0.491. The number of hydrogen-bond donors (Lipinski definition) is 1. The summed E-state index contributed by atoms with van der Waals surface area (Å²) in [6.45, 7) is 2.12. The van der Waals surface area contributed by atoms with Gasteiger partial charge in [0.15, 0.2) is 0 Å². The Morgan fingerprint density at radius 3 is 2.62 bits per heavy atom. The van der Waals surface area contributed by atoms with Gasteiger partial charge in [-0.05, 0) is 26.3 Å². The minimum Gasteiger partial charge on any atom is -0.358 e. The van der Waals surface area contributed by atoms with Crippen molar-refractivity contribution in [3.8, 4) is 0 Å². The Labute approximate surface area is 93.0 Å².